The SMILES string of the molecule is Cc1ccc2c(N3CCNC(COCc4ccccc4)C3)nc(-c3ccccc3O)nc2c1. The Kier molecular flexibility index (Phi) is 6.19. The highest BCUT2D eigenvalue weighted by molar-refractivity contribution is 5.92. The van der Waals surface area contributed by atoms with E-state index in [9.17, 15) is 5.11 Å². The highest BCUT2D eigenvalue weighted by atomic mass is 16.5. The van der Waals surface area contributed by atoms with Gasteiger partial charge >= 0.3 is 0 Å². The Morgan fingerprint density at radius 3 is 2.70 bits per heavy atom. The van der Waals surface area contributed by atoms with Crippen LogP contribution in [0.2, 0.25) is 0 Å². The third kappa shape index (κ3) is 4.82. The molecule has 2 heterocycles. The number of piperazine rings is 1. The Labute approximate surface area is 193 Å². The molecule has 6 heteroatoms. The molecule has 4 aromatic rings. The van der Waals surface area contributed by atoms with Gasteiger partial charge in [0.25, 0.3) is 0 Å². The third-order valence-corrected chi connectivity index (χ3v) is 5.96. The number of fused-ring (bicyclic) bond motifs is 1. The van der Waals surface area contributed by atoms with Crippen molar-refractivity contribution >= 4 is 16.7 Å². The van der Waals surface area contributed by atoms with Crippen LogP contribution in [0, 0.1) is 6.92 Å². The lowest BCUT2D eigenvalue weighted by Gasteiger charge is -2.35. The highest BCUT2D eigenvalue weighted by Crippen LogP contribution is 2.32. The second-order valence-corrected chi connectivity index (χ2v) is 8.51. The molecule has 1 saturated heterocycles. The predicted molar refractivity (Wildman–Crippen MR) is 131 cm³/mol. The van der Waals surface area contributed by atoms with Gasteiger partial charge in [-0.05, 0) is 42.3 Å². The molecule has 1 atom stereocenters. The van der Waals surface area contributed by atoms with Crippen LogP contribution < -0.4 is 10.2 Å². The van der Waals surface area contributed by atoms with Gasteiger partial charge in [0.15, 0.2) is 5.82 Å². The van der Waals surface area contributed by atoms with Gasteiger partial charge in [0.05, 0.1) is 24.3 Å². The number of anilines is 1. The number of aromatic hydroxyl groups is 1. The van der Waals surface area contributed by atoms with Gasteiger partial charge in [-0.15, -0.1) is 0 Å². The van der Waals surface area contributed by atoms with Gasteiger partial charge in [0, 0.05) is 31.1 Å². The Morgan fingerprint density at radius 2 is 1.85 bits per heavy atom. The molecule has 5 rings (SSSR count). The fraction of sp³-hybridized carbons (Fsp3) is 0.259. The highest BCUT2D eigenvalue weighted by Gasteiger charge is 2.23. The molecule has 0 bridgehead atoms. The number of hydrogen-bond acceptors (Lipinski definition) is 6. The van der Waals surface area contributed by atoms with E-state index in [2.05, 4.69) is 47.5 Å². The molecule has 0 amide bonds. The molecule has 0 saturated carbocycles. The second kappa shape index (κ2) is 9.57. The van der Waals surface area contributed by atoms with Crippen molar-refractivity contribution in [2.45, 2.75) is 19.6 Å². The monoisotopic (exact) mass is 440 g/mol. The van der Waals surface area contributed by atoms with Crippen LogP contribution in [-0.2, 0) is 11.3 Å². The van der Waals surface area contributed by atoms with Crippen molar-refractivity contribution in [3.63, 3.8) is 0 Å². The fourth-order valence-corrected chi connectivity index (χ4v) is 4.27. The first-order chi connectivity index (χ1) is 16.2. The maximum absolute atomic E-state index is 10.4. The van der Waals surface area contributed by atoms with E-state index in [1.54, 1.807) is 12.1 Å². The molecule has 168 valence electrons. The number of rotatable bonds is 6. The lowest BCUT2D eigenvalue weighted by atomic mass is 10.1. The topological polar surface area (TPSA) is 70.5 Å². The van der Waals surface area contributed by atoms with Crippen LogP contribution in [-0.4, -0.2) is 47.4 Å². The Bertz CT molecular complexity index is 1250. The predicted octanol–water partition coefficient (Wildman–Crippen LogP) is 4.31. The third-order valence-electron chi connectivity index (χ3n) is 5.96. The molecule has 1 unspecified atom stereocenters. The molecule has 1 aliphatic heterocycles. The van der Waals surface area contributed by atoms with Gasteiger partial charge in [-0.25, -0.2) is 9.97 Å². The minimum absolute atomic E-state index is 0.183. The van der Waals surface area contributed by atoms with E-state index in [-0.39, 0.29) is 11.8 Å². The zero-order valence-corrected chi connectivity index (χ0v) is 18.7. The minimum Gasteiger partial charge on any atom is -0.507 e. The summed E-state index contributed by atoms with van der Waals surface area (Å²) in [7, 11) is 0. The molecule has 0 spiro atoms. The zero-order valence-electron chi connectivity index (χ0n) is 18.7. The smallest absolute Gasteiger partial charge is 0.165 e. The largest absolute Gasteiger partial charge is 0.507 e. The Morgan fingerprint density at radius 1 is 1.03 bits per heavy atom. The van der Waals surface area contributed by atoms with Gasteiger partial charge in [0.1, 0.15) is 11.6 Å². The summed E-state index contributed by atoms with van der Waals surface area (Å²) in [4.78, 5) is 12.0. The molecule has 1 aromatic heterocycles. The molecule has 3 aromatic carbocycles. The summed E-state index contributed by atoms with van der Waals surface area (Å²) >= 11 is 0. The van der Waals surface area contributed by atoms with Gasteiger partial charge in [-0.1, -0.05) is 48.5 Å². The summed E-state index contributed by atoms with van der Waals surface area (Å²) < 4.78 is 6.00. The molecule has 33 heavy (non-hydrogen) atoms. The maximum Gasteiger partial charge on any atom is 0.165 e. The number of ether oxygens (including phenoxy) is 1. The number of nitrogens with zero attached hydrogens (tertiary/aromatic N) is 3. The minimum atomic E-state index is 0.183. The number of para-hydroxylation sites is 1. The molecule has 1 fully saturated rings. The standard InChI is InChI=1S/C27H28N4O2/c1-19-11-12-22-24(15-19)29-26(23-9-5-6-10-25(23)32)30-27(22)31-14-13-28-21(16-31)18-33-17-20-7-3-2-4-8-20/h2-12,15,21,28,32H,13-14,16-18H2,1H3. The number of aryl methyl sites for hydroxylation is 1. The number of nitrogens with one attached hydrogen (secondary N) is 1. The summed E-state index contributed by atoms with van der Waals surface area (Å²) in [6.45, 7) is 5.77. The summed E-state index contributed by atoms with van der Waals surface area (Å²) in [5.74, 6) is 1.62. The quantitative estimate of drug-likeness (QED) is 0.466. The van der Waals surface area contributed by atoms with E-state index in [1.807, 2.05) is 30.3 Å². The molecule has 0 radical (unpaired) electrons. The van der Waals surface area contributed by atoms with E-state index in [0.717, 1.165) is 41.9 Å². The van der Waals surface area contributed by atoms with Crippen molar-refractivity contribution in [3.8, 4) is 17.1 Å². The van der Waals surface area contributed by atoms with Crippen LogP contribution in [0.4, 0.5) is 5.82 Å². The van der Waals surface area contributed by atoms with E-state index in [0.29, 0.717) is 24.6 Å². The summed E-state index contributed by atoms with van der Waals surface area (Å²) in [5, 5.41) is 15.0. The van der Waals surface area contributed by atoms with Crippen molar-refractivity contribution in [2.75, 3.05) is 31.1 Å². The second-order valence-electron chi connectivity index (χ2n) is 8.51. The summed E-state index contributed by atoms with van der Waals surface area (Å²) in [5.41, 5.74) is 3.84. The number of phenols is 1. The summed E-state index contributed by atoms with van der Waals surface area (Å²) in [6.07, 6.45) is 0. The van der Waals surface area contributed by atoms with Crippen molar-refractivity contribution < 1.29 is 9.84 Å². The maximum atomic E-state index is 10.4. The molecule has 2 N–H and O–H groups in total. The number of phenolic OH excluding ortho intramolecular Hbond substituents is 1. The van der Waals surface area contributed by atoms with E-state index >= 15 is 0 Å². The van der Waals surface area contributed by atoms with Crippen LogP contribution in [0.3, 0.4) is 0 Å². The summed E-state index contributed by atoms with van der Waals surface area (Å²) in [6, 6.07) is 23.9. The first-order valence-electron chi connectivity index (χ1n) is 11.3. The van der Waals surface area contributed by atoms with Crippen molar-refractivity contribution in [3.05, 3.63) is 83.9 Å². The number of aromatic nitrogens is 2. The average molecular weight is 441 g/mol. The Hall–Kier alpha value is -3.48. The lowest BCUT2D eigenvalue weighted by molar-refractivity contribution is 0.0971. The van der Waals surface area contributed by atoms with Gasteiger partial charge < -0.3 is 20.1 Å². The van der Waals surface area contributed by atoms with Crippen LogP contribution in [0.5, 0.6) is 5.75 Å². The molecule has 6 nitrogen and oxygen atoms in total. The molecular formula is C27H28N4O2. The van der Waals surface area contributed by atoms with Gasteiger partial charge in [0.2, 0.25) is 0 Å². The van der Waals surface area contributed by atoms with Crippen LogP contribution in [0.1, 0.15) is 11.1 Å². The van der Waals surface area contributed by atoms with Crippen LogP contribution >= 0.6 is 0 Å². The van der Waals surface area contributed by atoms with E-state index in [1.165, 1.54) is 5.56 Å². The van der Waals surface area contributed by atoms with Gasteiger partial charge in [-0.2, -0.15) is 0 Å². The van der Waals surface area contributed by atoms with Crippen molar-refractivity contribution in [2.24, 2.45) is 0 Å². The van der Waals surface area contributed by atoms with Gasteiger partial charge in [-0.3, -0.25) is 0 Å². The first kappa shape index (κ1) is 21.4. The van der Waals surface area contributed by atoms with Crippen LogP contribution in [0.15, 0.2) is 72.8 Å². The average Bonchev–Trinajstić information content (AvgIpc) is 2.84. The van der Waals surface area contributed by atoms with Crippen molar-refractivity contribution in [1.82, 2.24) is 15.3 Å². The van der Waals surface area contributed by atoms with E-state index in [4.69, 9.17) is 14.7 Å². The Balaban J connectivity index is 1.41. The zero-order chi connectivity index (χ0) is 22.6. The molecule has 1 aliphatic rings. The lowest BCUT2D eigenvalue weighted by Crippen LogP contribution is -2.53. The van der Waals surface area contributed by atoms with Crippen molar-refractivity contribution in [1.29, 1.82) is 0 Å². The number of hydrogen-bond donors (Lipinski definition) is 2. The fourth-order valence-electron chi connectivity index (χ4n) is 4.27. The molecular weight excluding hydrogens is 412 g/mol. The normalized spacial score (nSPS) is 16.3. The number of benzene rings is 3. The molecule has 0 aliphatic carbocycles. The van der Waals surface area contributed by atoms with Crippen LogP contribution in [0.25, 0.3) is 22.3 Å². The van der Waals surface area contributed by atoms with E-state index < -0.39 is 0 Å². The first-order valence-corrected chi connectivity index (χ1v) is 11.3.